The van der Waals surface area contributed by atoms with Crippen LogP contribution in [-0.4, -0.2) is 10.9 Å². The summed E-state index contributed by atoms with van der Waals surface area (Å²) >= 11 is 0. The van der Waals surface area contributed by atoms with E-state index in [1.807, 2.05) is 26.0 Å². The Kier molecular flexibility index (Phi) is 4.19. The first-order valence-electron chi connectivity index (χ1n) is 6.35. The van der Waals surface area contributed by atoms with Crippen LogP contribution in [0.3, 0.4) is 0 Å². The third kappa shape index (κ3) is 3.37. The number of hydrogen-bond acceptors (Lipinski definition) is 2. The van der Waals surface area contributed by atoms with E-state index in [4.69, 9.17) is 5.26 Å². The van der Waals surface area contributed by atoms with Crippen LogP contribution in [0.25, 0.3) is 6.08 Å². The lowest BCUT2D eigenvalue weighted by Gasteiger charge is -2.05. The van der Waals surface area contributed by atoms with Crippen molar-refractivity contribution in [2.24, 2.45) is 0 Å². The number of carbonyl (C=O) groups excluding carboxylic acids is 1. The molecule has 0 bridgehead atoms. The Morgan fingerprint density at radius 3 is 2.67 bits per heavy atom. The number of anilines is 1. The van der Waals surface area contributed by atoms with Gasteiger partial charge < -0.3 is 10.3 Å². The molecule has 4 nitrogen and oxygen atoms in total. The molecule has 0 aliphatic heterocycles. The zero-order valence-corrected chi connectivity index (χ0v) is 11.7. The highest BCUT2D eigenvalue weighted by Gasteiger charge is 2.12. The molecular formula is C16H14FN3O. The number of rotatable bonds is 3. The number of nitriles is 1. The molecule has 0 saturated heterocycles. The van der Waals surface area contributed by atoms with Gasteiger partial charge in [0.25, 0.3) is 5.91 Å². The van der Waals surface area contributed by atoms with Crippen LogP contribution in [-0.2, 0) is 4.79 Å². The van der Waals surface area contributed by atoms with Crippen LogP contribution in [0.15, 0.2) is 35.9 Å². The number of aryl methyl sites for hydroxylation is 2. The normalized spacial score (nSPS) is 11.0. The second-order valence-electron chi connectivity index (χ2n) is 4.64. The number of nitrogens with zero attached hydrogens (tertiary/aromatic N) is 1. The molecule has 1 amide bonds. The van der Waals surface area contributed by atoms with Crippen molar-refractivity contribution in [1.29, 1.82) is 5.26 Å². The predicted molar refractivity (Wildman–Crippen MR) is 78.9 cm³/mol. The van der Waals surface area contributed by atoms with Crippen LogP contribution in [0.4, 0.5) is 10.1 Å². The Balaban J connectivity index is 2.26. The first-order chi connectivity index (χ1) is 10.0. The molecule has 1 aromatic heterocycles. The summed E-state index contributed by atoms with van der Waals surface area (Å²) in [5, 5.41) is 11.5. The Labute approximate surface area is 121 Å². The molecule has 0 aliphatic rings. The maximum atomic E-state index is 13.5. The second kappa shape index (κ2) is 6.06. The van der Waals surface area contributed by atoms with Gasteiger partial charge in [-0.3, -0.25) is 4.79 Å². The van der Waals surface area contributed by atoms with E-state index in [0.29, 0.717) is 0 Å². The second-order valence-corrected chi connectivity index (χ2v) is 4.64. The Bertz CT molecular complexity index is 753. The number of aromatic amines is 1. The van der Waals surface area contributed by atoms with Gasteiger partial charge in [0.2, 0.25) is 0 Å². The van der Waals surface area contributed by atoms with Crippen molar-refractivity contribution in [1.82, 2.24) is 4.98 Å². The van der Waals surface area contributed by atoms with Crippen molar-refractivity contribution in [2.75, 3.05) is 5.32 Å². The molecule has 0 fully saturated rings. The Morgan fingerprint density at radius 1 is 1.38 bits per heavy atom. The summed E-state index contributed by atoms with van der Waals surface area (Å²) < 4.78 is 13.5. The first-order valence-corrected chi connectivity index (χ1v) is 6.35. The smallest absolute Gasteiger partial charge is 0.266 e. The molecule has 2 rings (SSSR count). The van der Waals surface area contributed by atoms with Crippen LogP contribution in [0.2, 0.25) is 0 Å². The van der Waals surface area contributed by atoms with Gasteiger partial charge in [-0.25, -0.2) is 4.39 Å². The fourth-order valence-corrected chi connectivity index (χ4v) is 1.95. The molecule has 1 heterocycles. The van der Waals surface area contributed by atoms with Crippen LogP contribution in [0.1, 0.15) is 17.0 Å². The standard InChI is InChI=1S/C16H14FN3O/c1-10-7-12(11(2)19-10)8-13(9-18)16(21)20-15-6-4-3-5-14(15)17/h3-8,19H,1-2H3,(H,20,21)/b13-8+. The van der Waals surface area contributed by atoms with Crippen LogP contribution in [0, 0.1) is 31.0 Å². The molecule has 2 aromatic rings. The molecule has 0 aliphatic carbocycles. The van der Waals surface area contributed by atoms with Crippen LogP contribution >= 0.6 is 0 Å². The lowest BCUT2D eigenvalue weighted by molar-refractivity contribution is -0.112. The number of benzene rings is 1. The summed E-state index contributed by atoms with van der Waals surface area (Å²) in [6.45, 7) is 3.73. The van der Waals surface area contributed by atoms with E-state index in [0.717, 1.165) is 17.0 Å². The topological polar surface area (TPSA) is 68.7 Å². The van der Waals surface area contributed by atoms with E-state index in [2.05, 4.69) is 10.3 Å². The van der Waals surface area contributed by atoms with E-state index in [9.17, 15) is 9.18 Å². The highest BCUT2D eigenvalue weighted by molar-refractivity contribution is 6.09. The van der Waals surface area contributed by atoms with E-state index in [-0.39, 0.29) is 11.3 Å². The quantitative estimate of drug-likeness (QED) is 0.670. The molecular weight excluding hydrogens is 269 g/mol. The number of carbonyl (C=O) groups is 1. The van der Waals surface area contributed by atoms with Crippen molar-refractivity contribution in [3.63, 3.8) is 0 Å². The van der Waals surface area contributed by atoms with E-state index in [1.54, 1.807) is 6.07 Å². The summed E-state index contributed by atoms with van der Waals surface area (Å²) in [5.41, 5.74) is 2.52. The van der Waals surface area contributed by atoms with Crippen LogP contribution in [0.5, 0.6) is 0 Å². The van der Waals surface area contributed by atoms with Gasteiger partial charge in [0.05, 0.1) is 5.69 Å². The summed E-state index contributed by atoms with van der Waals surface area (Å²) in [5.74, 6) is -1.18. The fraction of sp³-hybridized carbons (Fsp3) is 0.125. The fourth-order valence-electron chi connectivity index (χ4n) is 1.95. The van der Waals surface area contributed by atoms with E-state index in [1.165, 1.54) is 24.3 Å². The summed E-state index contributed by atoms with van der Waals surface area (Å²) in [6.07, 6.45) is 1.48. The van der Waals surface area contributed by atoms with Gasteiger partial charge in [0.15, 0.2) is 0 Å². The van der Waals surface area contributed by atoms with E-state index < -0.39 is 11.7 Å². The third-order valence-corrected chi connectivity index (χ3v) is 2.98. The minimum Gasteiger partial charge on any atom is -0.362 e. The summed E-state index contributed by atoms with van der Waals surface area (Å²) in [6, 6.07) is 9.49. The molecule has 21 heavy (non-hydrogen) atoms. The van der Waals surface area contributed by atoms with Gasteiger partial charge >= 0.3 is 0 Å². The van der Waals surface area contributed by atoms with Crippen molar-refractivity contribution in [2.45, 2.75) is 13.8 Å². The Hall–Kier alpha value is -2.87. The average Bonchev–Trinajstić information content (AvgIpc) is 2.76. The lowest BCUT2D eigenvalue weighted by Crippen LogP contribution is -2.14. The summed E-state index contributed by atoms with van der Waals surface area (Å²) in [4.78, 5) is 15.1. The lowest BCUT2D eigenvalue weighted by atomic mass is 10.1. The highest BCUT2D eigenvalue weighted by Crippen LogP contribution is 2.16. The largest absolute Gasteiger partial charge is 0.362 e. The van der Waals surface area contributed by atoms with Gasteiger partial charge in [0, 0.05) is 11.4 Å². The first kappa shape index (κ1) is 14.5. The van der Waals surface area contributed by atoms with Crippen LogP contribution < -0.4 is 5.32 Å². The van der Waals surface area contributed by atoms with Crippen molar-refractivity contribution in [3.05, 3.63) is 58.7 Å². The van der Waals surface area contributed by atoms with Gasteiger partial charge in [0.1, 0.15) is 17.5 Å². The number of amides is 1. The average molecular weight is 283 g/mol. The van der Waals surface area contributed by atoms with Gasteiger partial charge in [-0.15, -0.1) is 0 Å². The highest BCUT2D eigenvalue weighted by atomic mass is 19.1. The van der Waals surface area contributed by atoms with Gasteiger partial charge in [-0.1, -0.05) is 12.1 Å². The van der Waals surface area contributed by atoms with Gasteiger partial charge in [-0.2, -0.15) is 5.26 Å². The number of aromatic nitrogens is 1. The SMILES string of the molecule is Cc1cc(/C=C(\C#N)C(=O)Nc2ccccc2F)c(C)[nH]1. The predicted octanol–water partition coefficient (Wildman–Crippen LogP) is 3.32. The minimum absolute atomic E-state index is 0.0469. The molecule has 106 valence electrons. The number of hydrogen-bond donors (Lipinski definition) is 2. The number of para-hydroxylation sites is 1. The Morgan fingerprint density at radius 2 is 2.10 bits per heavy atom. The molecule has 0 saturated carbocycles. The molecule has 5 heteroatoms. The number of halogens is 1. The number of nitrogens with one attached hydrogen (secondary N) is 2. The molecule has 0 unspecified atom stereocenters. The molecule has 2 N–H and O–H groups in total. The van der Waals surface area contributed by atoms with Crippen molar-refractivity contribution < 1.29 is 9.18 Å². The number of H-pyrrole nitrogens is 1. The summed E-state index contributed by atoms with van der Waals surface area (Å²) in [7, 11) is 0. The molecule has 0 atom stereocenters. The zero-order chi connectivity index (χ0) is 15.4. The third-order valence-electron chi connectivity index (χ3n) is 2.98. The monoisotopic (exact) mass is 283 g/mol. The minimum atomic E-state index is -0.638. The van der Waals surface area contributed by atoms with Crippen molar-refractivity contribution in [3.8, 4) is 6.07 Å². The maximum absolute atomic E-state index is 13.5. The molecule has 1 aromatic carbocycles. The molecule has 0 radical (unpaired) electrons. The van der Waals surface area contributed by atoms with Gasteiger partial charge in [-0.05, 0) is 43.7 Å². The molecule has 0 spiro atoms. The van der Waals surface area contributed by atoms with Crippen molar-refractivity contribution >= 4 is 17.7 Å². The zero-order valence-electron chi connectivity index (χ0n) is 11.7. The maximum Gasteiger partial charge on any atom is 0.266 e. The van der Waals surface area contributed by atoms with E-state index >= 15 is 0 Å².